The molecule has 0 saturated heterocycles. The average molecular weight is 270 g/mol. The van der Waals surface area contributed by atoms with Crippen LogP contribution in [0.3, 0.4) is 0 Å². The number of rotatable bonds is 5. The first-order valence-electron chi connectivity index (χ1n) is 4.94. The molecule has 1 aromatic rings. The second kappa shape index (κ2) is 5.94. The maximum absolute atomic E-state index is 11.1. The van der Waals surface area contributed by atoms with E-state index in [-0.39, 0.29) is 5.25 Å². The molecule has 0 bridgehead atoms. The summed E-state index contributed by atoms with van der Waals surface area (Å²) in [5.41, 5.74) is 1.48. The number of thioether (sulfide) groups is 1. The molecule has 0 aromatic heterocycles. The molecule has 0 amide bonds. The number of hydrogen-bond donors (Lipinski definition) is 1. The molecule has 1 aromatic carbocycles. The molecule has 0 radical (unpaired) electrons. The van der Waals surface area contributed by atoms with Crippen molar-refractivity contribution in [2.75, 3.05) is 17.2 Å². The number of hydrogen-bond acceptors (Lipinski definition) is 4. The summed E-state index contributed by atoms with van der Waals surface area (Å²) >= 11 is 1.57. The first kappa shape index (κ1) is 13.9. The Labute approximate surface area is 106 Å². The zero-order valence-electron chi connectivity index (χ0n) is 9.67. The minimum Gasteiger partial charge on any atom is -0.284 e. The maximum Gasteiger partial charge on any atom is 0.229 e. The van der Waals surface area contributed by atoms with Crippen LogP contribution in [0.25, 0.3) is 0 Å². The van der Waals surface area contributed by atoms with Crippen LogP contribution in [0.4, 0.5) is 5.69 Å². The van der Waals surface area contributed by atoms with Gasteiger partial charge in [-0.15, -0.1) is 0 Å². The highest BCUT2D eigenvalue weighted by molar-refractivity contribution is 7.98. The molecule has 0 heterocycles. The number of nitrogens with zero attached hydrogens (tertiary/aromatic N) is 1. The van der Waals surface area contributed by atoms with E-state index in [4.69, 9.17) is 5.26 Å². The zero-order valence-corrected chi connectivity index (χ0v) is 11.3. The Kier molecular flexibility index (Phi) is 4.85. The van der Waals surface area contributed by atoms with Gasteiger partial charge in [0.15, 0.2) is 0 Å². The Bertz CT molecular complexity index is 521. The molecular formula is C11H14N2O2S2. The molecule has 92 valence electrons. The fourth-order valence-electron chi connectivity index (χ4n) is 1.44. The predicted octanol–water partition coefficient (Wildman–Crippen LogP) is 2.38. The minimum atomic E-state index is -3.26. The molecule has 0 saturated carbocycles. The third-order valence-electron chi connectivity index (χ3n) is 2.12. The summed E-state index contributed by atoms with van der Waals surface area (Å²) in [6, 6.07) is 9.25. The van der Waals surface area contributed by atoms with Crippen LogP contribution in [-0.2, 0) is 10.0 Å². The lowest BCUT2D eigenvalue weighted by atomic mass is 10.1. The summed E-state index contributed by atoms with van der Waals surface area (Å²) in [6.07, 6.45) is 3.45. The van der Waals surface area contributed by atoms with E-state index in [9.17, 15) is 8.42 Å². The first-order valence-corrected chi connectivity index (χ1v) is 8.11. The van der Waals surface area contributed by atoms with Gasteiger partial charge in [-0.3, -0.25) is 4.72 Å². The van der Waals surface area contributed by atoms with Crippen molar-refractivity contribution in [1.29, 1.82) is 5.26 Å². The molecule has 0 fully saturated rings. The van der Waals surface area contributed by atoms with Gasteiger partial charge in [0.1, 0.15) is 0 Å². The molecule has 0 aliphatic carbocycles. The molecule has 17 heavy (non-hydrogen) atoms. The summed E-state index contributed by atoms with van der Waals surface area (Å²) in [7, 11) is -3.26. The van der Waals surface area contributed by atoms with Crippen LogP contribution in [-0.4, -0.2) is 20.9 Å². The number of anilines is 1. The van der Waals surface area contributed by atoms with E-state index in [0.717, 1.165) is 11.8 Å². The Balaban J connectivity index is 2.96. The number of nitriles is 1. The van der Waals surface area contributed by atoms with Crippen molar-refractivity contribution < 1.29 is 8.42 Å². The van der Waals surface area contributed by atoms with Crippen LogP contribution in [0.2, 0.25) is 0 Å². The van der Waals surface area contributed by atoms with Gasteiger partial charge in [-0.2, -0.15) is 17.0 Å². The fraction of sp³-hybridized carbons (Fsp3) is 0.364. The lowest BCUT2D eigenvalue weighted by Gasteiger charge is -2.12. The largest absolute Gasteiger partial charge is 0.284 e. The van der Waals surface area contributed by atoms with E-state index in [0.29, 0.717) is 12.1 Å². The van der Waals surface area contributed by atoms with Gasteiger partial charge >= 0.3 is 0 Å². The molecule has 0 aliphatic rings. The normalized spacial score (nSPS) is 12.8. The van der Waals surface area contributed by atoms with Crippen molar-refractivity contribution in [2.45, 2.75) is 11.7 Å². The Hall–Kier alpha value is -1.19. The van der Waals surface area contributed by atoms with E-state index in [2.05, 4.69) is 10.8 Å². The molecule has 6 heteroatoms. The Morgan fingerprint density at radius 1 is 1.53 bits per heavy atom. The van der Waals surface area contributed by atoms with E-state index >= 15 is 0 Å². The summed E-state index contributed by atoms with van der Waals surface area (Å²) < 4.78 is 24.6. The lowest BCUT2D eigenvalue weighted by Crippen LogP contribution is -2.09. The summed E-state index contributed by atoms with van der Waals surface area (Å²) in [5, 5.41) is 8.78. The van der Waals surface area contributed by atoms with Gasteiger partial charge in [0.2, 0.25) is 10.0 Å². The highest BCUT2D eigenvalue weighted by Gasteiger charge is 2.10. The van der Waals surface area contributed by atoms with Crippen LogP contribution >= 0.6 is 11.8 Å². The molecule has 0 spiro atoms. The topological polar surface area (TPSA) is 70.0 Å². The van der Waals surface area contributed by atoms with Crippen molar-refractivity contribution in [3.05, 3.63) is 29.8 Å². The van der Waals surface area contributed by atoms with E-state index in [1.807, 2.05) is 12.3 Å². The van der Waals surface area contributed by atoms with Gasteiger partial charge in [-0.05, 0) is 24.0 Å². The van der Waals surface area contributed by atoms with Crippen molar-refractivity contribution in [1.82, 2.24) is 0 Å². The highest BCUT2D eigenvalue weighted by atomic mass is 32.2. The third-order valence-corrected chi connectivity index (χ3v) is 3.74. The van der Waals surface area contributed by atoms with E-state index in [1.54, 1.807) is 30.0 Å². The minimum absolute atomic E-state index is 0.0707. The number of nitrogens with one attached hydrogen (secondary N) is 1. The molecular weight excluding hydrogens is 256 g/mol. The Morgan fingerprint density at radius 2 is 2.24 bits per heavy atom. The lowest BCUT2D eigenvalue weighted by molar-refractivity contribution is 0.607. The van der Waals surface area contributed by atoms with Crippen molar-refractivity contribution in [3.63, 3.8) is 0 Å². The summed E-state index contributed by atoms with van der Waals surface area (Å²) in [6.45, 7) is 0. The van der Waals surface area contributed by atoms with Crippen molar-refractivity contribution >= 4 is 27.5 Å². The smallest absolute Gasteiger partial charge is 0.229 e. The Morgan fingerprint density at radius 3 is 2.76 bits per heavy atom. The van der Waals surface area contributed by atoms with Gasteiger partial charge in [-0.25, -0.2) is 8.42 Å². The van der Waals surface area contributed by atoms with Gasteiger partial charge in [0.25, 0.3) is 0 Å². The first-order chi connectivity index (χ1) is 7.96. The van der Waals surface area contributed by atoms with Crippen LogP contribution in [0.15, 0.2) is 24.3 Å². The van der Waals surface area contributed by atoms with Gasteiger partial charge in [0, 0.05) is 10.9 Å². The third kappa shape index (κ3) is 4.67. The molecule has 1 rings (SSSR count). The van der Waals surface area contributed by atoms with E-state index in [1.165, 1.54) is 0 Å². The van der Waals surface area contributed by atoms with Crippen molar-refractivity contribution in [3.8, 4) is 6.07 Å². The van der Waals surface area contributed by atoms with E-state index < -0.39 is 10.0 Å². The quantitative estimate of drug-likeness (QED) is 0.891. The standard InChI is InChI=1S/C11H14N2O2S2/c1-16-11(6-7-12)9-4-3-5-10(8-9)13-17(2,14)15/h3-5,8,11,13H,6H2,1-2H3. The summed E-state index contributed by atoms with van der Waals surface area (Å²) in [4.78, 5) is 0. The van der Waals surface area contributed by atoms with Gasteiger partial charge < -0.3 is 0 Å². The highest BCUT2D eigenvalue weighted by Crippen LogP contribution is 2.31. The number of sulfonamides is 1. The van der Waals surface area contributed by atoms with Gasteiger partial charge in [0.05, 0.1) is 18.7 Å². The average Bonchev–Trinajstić information content (AvgIpc) is 2.24. The maximum atomic E-state index is 11.1. The SMILES string of the molecule is CSC(CC#N)c1cccc(NS(C)(=O)=O)c1. The molecule has 4 nitrogen and oxygen atoms in total. The number of benzene rings is 1. The van der Waals surface area contributed by atoms with Crippen molar-refractivity contribution in [2.24, 2.45) is 0 Å². The molecule has 1 N–H and O–H groups in total. The molecule has 1 unspecified atom stereocenters. The zero-order chi connectivity index (χ0) is 12.9. The molecule has 0 aliphatic heterocycles. The van der Waals surface area contributed by atoms with Crippen LogP contribution in [0.1, 0.15) is 17.2 Å². The second-order valence-electron chi connectivity index (χ2n) is 3.59. The van der Waals surface area contributed by atoms with Crippen LogP contribution < -0.4 is 4.72 Å². The second-order valence-corrected chi connectivity index (χ2v) is 6.38. The van der Waals surface area contributed by atoms with Crippen LogP contribution in [0.5, 0.6) is 0 Å². The monoisotopic (exact) mass is 270 g/mol. The predicted molar refractivity (Wildman–Crippen MR) is 71.4 cm³/mol. The van der Waals surface area contributed by atoms with Crippen LogP contribution in [0, 0.1) is 11.3 Å². The fourth-order valence-corrected chi connectivity index (χ4v) is 2.65. The summed E-state index contributed by atoms with van der Waals surface area (Å²) in [5.74, 6) is 0. The molecule has 1 atom stereocenters. The van der Waals surface area contributed by atoms with Gasteiger partial charge in [-0.1, -0.05) is 12.1 Å².